The predicted octanol–water partition coefficient (Wildman–Crippen LogP) is -0.189. The minimum Gasteiger partial charge on any atom is -0.383 e. The SMILES string of the molecule is COCCN=C(NN)N(C)CC1CCCOC1. The van der Waals surface area contributed by atoms with Crippen LogP contribution in [0.1, 0.15) is 12.8 Å². The minimum absolute atomic E-state index is 0.565. The van der Waals surface area contributed by atoms with Crippen LogP contribution in [-0.2, 0) is 9.47 Å². The summed E-state index contributed by atoms with van der Waals surface area (Å²) < 4.78 is 10.4. The topological polar surface area (TPSA) is 72.1 Å². The fraction of sp³-hybridized carbons (Fsp3) is 0.909. The molecule has 3 N–H and O–H groups in total. The van der Waals surface area contributed by atoms with Crippen molar-refractivity contribution >= 4 is 5.96 Å². The van der Waals surface area contributed by atoms with E-state index in [0.29, 0.717) is 25.0 Å². The molecule has 1 heterocycles. The number of nitrogens with one attached hydrogen (secondary N) is 1. The molecule has 6 heteroatoms. The predicted molar refractivity (Wildman–Crippen MR) is 67.7 cm³/mol. The summed E-state index contributed by atoms with van der Waals surface area (Å²) in [5, 5.41) is 0. The molecule has 0 aliphatic carbocycles. The number of guanidine groups is 1. The van der Waals surface area contributed by atoms with Gasteiger partial charge in [-0.2, -0.15) is 0 Å². The second-order valence-corrected chi connectivity index (χ2v) is 4.31. The maximum Gasteiger partial charge on any atom is 0.208 e. The number of hydrogen-bond donors (Lipinski definition) is 2. The molecule has 1 fully saturated rings. The molecule has 1 aliphatic heterocycles. The van der Waals surface area contributed by atoms with E-state index >= 15 is 0 Å². The fourth-order valence-electron chi connectivity index (χ4n) is 1.94. The smallest absolute Gasteiger partial charge is 0.208 e. The lowest BCUT2D eigenvalue weighted by molar-refractivity contribution is 0.0482. The largest absolute Gasteiger partial charge is 0.383 e. The Morgan fingerprint density at radius 2 is 2.47 bits per heavy atom. The molecular formula is C11H24N4O2. The number of nitrogens with zero attached hydrogens (tertiary/aromatic N) is 2. The van der Waals surface area contributed by atoms with Gasteiger partial charge >= 0.3 is 0 Å². The van der Waals surface area contributed by atoms with Gasteiger partial charge in [0.1, 0.15) is 0 Å². The molecular weight excluding hydrogens is 220 g/mol. The molecule has 6 nitrogen and oxygen atoms in total. The fourth-order valence-corrected chi connectivity index (χ4v) is 1.94. The Balaban J connectivity index is 2.36. The van der Waals surface area contributed by atoms with E-state index in [4.69, 9.17) is 15.3 Å². The average molecular weight is 244 g/mol. The second-order valence-electron chi connectivity index (χ2n) is 4.31. The van der Waals surface area contributed by atoms with Crippen LogP contribution in [-0.4, -0.2) is 57.9 Å². The lowest BCUT2D eigenvalue weighted by atomic mass is 10.0. The number of hydrogen-bond acceptors (Lipinski definition) is 4. The highest BCUT2D eigenvalue weighted by Crippen LogP contribution is 2.14. The third-order valence-corrected chi connectivity index (χ3v) is 2.83. The highest BCUT2D eigenvalue weighted by molar-refractivity contribution is 5.79. The van der Waals surface area contributed by atoms with Crippen molar-refractivity contribution in [3.05, 3.63) is 0 Å². The van der Waals surface area contributed by atoms with Crippen molar-refractivity contribution in [1.82, 2.24) is 10.3 Å². The molecule has 0 bridgehead atoms. The Hall–Kier alpha value is -0.850. The standard InChI is InChI=1S/C11H24N4O2/c1-15(8-10-4-3-6-17-9-10)11(14-12)13-5-7-16-2/h10H,3-9,12H2,1-2H3,(H,13,14). The molecule has 1 atom stereocenters. The zero-order valence-electron chi connectivity index (χ0n) is 10.8. The molecule has 100 valence electrons. The molecule has 0 aromatic carbocycles. The Morgan fingerprint density at radius 1 is 1.65 bits per heavy atom. The Labute approximate surface area is 103 Å². The van der Waals surface area contributed by atoms with Crippen LogP contribution in [0.15, 0.2) is 4.99 Å². The van der Waals surface area contributed by atoms with Gasteiger partial charge in [0.25, 0.3) is 0 Å². The van der Waals surface area contributed by atoms with Crippen LogP contribution >= 0.6 is 0 Å². The summed E-state index contributed by atoms with van der Waals surface area (Å²) in [6.45, 7) is 3.85. The van der Waals surface area contributed by atoms with Gasteiger partial charge in [-0.3, -0.25) is 5.43 Å². The molecule has 0 saturated carbocycles. The Morgan fingerprint density at radius 3 is 3.06 bits per heavy atom. The van der Waals surface area contributed by atoms with Gasteiger partial charge in [0, 0.05) is 27.3 Å². The maximum atomic E-state index is 5.47. The highest BCUT2D eigenvalue weighted by Gasteiger charge is 2.17. The van der Waals surface area contributed by atoms with Crippen LogP contribution in [0.2, 0.25) is 0 Å². The Bertz CT molecular complexity index is 230. The summed E-state index contributed by atoms with van der Waals surface area (Å²) in [7, 11) is 3.65. The number of aliphatic imine (C=N–C) groups is 1. The van der Waals surface area contributed by atoms with Gasteiger partial charge in [0.2, 0.25) is 5.96 Å². The first kappa shape index (κ1) is 14.2. The van der Waals surface area contributed by atoms with Crippen molar-refractivity contribution in [1.29, 1.82) is 0 Å². The molecule has 1 rings (SSSR count). The van der Waals surface area contributed by atoms with Gasteiger partial charge in [-0.25, -0.2) is 10.8 Å². The quantitative estimate of drug-likeness (QED) is 0.231. The van der Waals surface area contributed by atoms with E-state index in [1.165, 1.54) is 6.42 Å². The number of methoxy groups -OCH3 is 1. The number of nitrogens with two attached hydrogens (primary N) is 1. The number of rotatable bonds is 5. The van der Waals surface area contributed by atoms with Crippen molar-refractivity contribution < 1.29 is 9.47 Å². The van der Waals surface area contributed by atoms with E-state index in [9.17, 15) is 0 Å². The van der Waals surface area contributed by atoms with E-state index < -0.39 is 0 Å². The van der Waals surface area contributed by atoms with Crippen LogP contribution in [0, 0.1) is 5.92 Å². The monoisotopic (exact) mass is 244 g/mol. The highest BCUT2D eigenvalue weighted by atomic mass is 16.5. The van der Waals surface area contributed by atoms with Crippen LogP contribution < -0.4 is 11.3 Å². The molecule has 1 saturated heterocycles. The van der Waals surface area contributed by atoms with Gasteiger partial charge in [0.15, 0.2) is 0 Å². The summed E-state index contributed by atoms with van der Waals surface area (Å²) in [6.07, 6.45) is 2.35. The maximum absolute atomic E-state index is 5.47. The summed E-state index contributed by atoms with van der Waals surface area (Å²) in [4.78, 5) is 6.37. The van der Waals surface area contributed by atoms with Crippen molar-refractivity contribution in [2.24, 2.45) is 16.8 Å². The van der Waals surface area contributed by atoms with Gasteiger partial charge < -0.3 is 14.4 Å². The first-order valence-electron chi connectivity index (χ1n) is 6.06. The molecule has 17 heavy (non-hydrogen) atoms. The van der Waals surface area contributed by atoms with Crippen molar-refractivity contribution in [3.8, 4) is 0 Å². The second kappa shape index (κ2) is 8.27. The van der Waals surface area contributed by atoms with Gasteiger partial charge in [-0.1, -0.05) is 0 Å². The van der Waals surface area contributed by atoms with Gasteiger partial charge in [-0.05, 0) is 18.8 Å². The van der Waals surface area contributed by atoms with Crippen LogP contribution in [0.4, 0.5) is 0 Å². The number of ether oxygens (including phenoxy) is 2. The van der Waals surface area contributed by atoms with E-state index in [-0.39, 0.29) is 0 Å². The van der Waals surface area contributed by atoms with E-state index in [0.717, 1.165) is 26.2 Å². The average Bonchev–Trinajstić information content (AvgIpc) is 2.36. The zero-order valence-corrected chi connectivity index (χ0v) is 10.8. The molecule has 1 unspecified atom stereocenters. The molecule has 0 aromatic rings. The Kier molecular flexibility index (Phi) is 6.91. The first-order valence-corrected chi connectivity index (χ1v) is 6.06. The molecule has 0 amide bonds. The van der Waals surface area contributed by atoms with Gasteiger partial charge in [-0.15, -0.1) is 0 Å². The summed E-state index contributed by atoms with van der Waals surface area (Å²) in [6, 6.07) is 0. The zero-order chi connectivity index (χ0) is 12.5. The van der Waals surface area contributed by atoms with Crippen molar-refractivity contribution in [3.63, 3.8) is 0 Å². The van der Waals surface area contributed by atoms with E-state index in [2.05, 4.69) is 10.4 Å². The van der Waals surface area contributed by atoms with Gasteiger partial charge in [0.05, 0.1) is 19.8 Å². The third-order valence-electron chi connectivity index (χ3n) is 2.83. The lowest BCUT2D eigenvalue weighted by Gasteiger charge is -2.28. The molecule has 1 aliphatic rings. The normalized spacial score (nSPS) is 21.4. The lowest BCUT2D eigenvalue weighted by Crippen LogP contribution is -2.45. The molecule has 0 aromatic heterocycles. The van der Waals surface area contributed by atoms with Crippen LogP contribution in [0.3, 0.4) is 0 Å². The third kappa shape index (κ3) is 5.34. The summed E-state index contributed by atoms with van der Waals surface area (Å²) >= 11 is 0. The summed E-state index contributed by atoms with van der Waals surface area (Å²) in [5.41, 5.74) is 2.63. The van der Waals surface area contributed by atoms with E-state index in [1.807, 2.05) is 11.9 Å². The van der Waals surface area contributed by atoms with Crippen LogP contribution in [0.25, 0.3) is 0 Å². The minimum atomic E-state index is 0.565. The first-order chi connectivity index (χ1) is 8.27. The summed E-state index contributed by atoms with van der Waals surface area (Å²) in [5.74, 6) is 6.73. The van der Waals surface area contributed by atoms with Crippen molar-refractivity contribution in [2.75, 3.05) is 47.1 Å². The van der Waals surface area contributed by atoms with E-state index in [1.54, 1.807) is 7.11 Å². The van der Waals surface area contributed by atoms with Crippen molar-refractivity contribution in [2.45, 2.75) is 12.8 Å². The number of hydrazine groups is 1. The van der Waals surface area contributed by atoms with Crippen LogP contribution in [0.5, 0.6) is 0 Å². The molecule has 0 spiro atoms. The molecule has 0 radical (unpaired) electrons.